The van der Waals surface area contributed by atoms with Gasteiger partial charge in [0.15, 0.2) is 5.78 Å². The highest BCUT2D eigenvalue weighted by Gasteiger charge is 2.47. The van der Waals surface area contributed by atoms with Crippen LogP contribution in [0.1, 0.15) is 82.2 Å². The molecule has 3 unspecified atom stereocenters. The number of hydrogen-bond acceptors (Lipinski definition) is 8. The fraction of sp³-hybridized carbons (Fsp3) is 0.440. The quantitative estimate of drug-likeness (QED) is 0.262. The summed E-state index contributed by atoms with van der Waals surface area (Å²) in [5, 5.41) is 47.7. The van der Waals surface area contributed by atoms with E-state index in [0.717, 1.165) is 12.8 Å². The molecule has 2 aliphatic rings. The molecule has 0 saturated carbocycles. The Balaban J connectivity index is 0.00000324. The second-order valence-electron chi connectivity index (χ2n) is 8.91. The van der Waals surface area contributed by atoms with Gasteiger partial charge in [-0.1, -0.05) is 25.5 Å². The van der Waals surface area contributed by atoms with Gasteiger partial charge in [0.2, 0.25) is 5.78 Å². The number of ketones is 2. The fourth-order valence-corrected chi connectivity index (χ4v) is 4.99. The maximum Gasteiger partial charge on any atom is 0.202 e. The predicted octanol–water partition coefficient (Wildman–Crippen LogP) is 2.79. The van der Waals surface area contributed by atoms with E-state index < -0.39 is 40.8 Å². The van der Waals surface area contributed by atoms with E-state index >= 15 is 0 Å². The van der Waals surface area contributed by atoms with Crippen LogP contribution in [0.5, 0.6) is 17.2 Å². The van der Waals surface area contributed by atoms with E-state index in [4.69, 9.17) is 4.74 Å². The molecule has 0 radical (unpaired) electrons. The van der Waals surface area contributed by atoms with Crippen molar-refractivity contribution in [1.29, 1.82) is 0 Å². The summed E-state index contributed by atoms with van der Waals surface area (Å²) >= 11 is 0. The Bertz CT molecular complexity index is 1150. The van der Waals surface area contributed by atoms with Crippen LogP contribution in [-0.4, -0.2) is 57.3 Å². The number of phenolic OH excluding ortho intramolecular Hbond substituents is 2. The number of ether oxygens (including phenoxy) is 1. The van der Waals surface area contributed by atoms with Crippen molar-refractivity contribution in [2.75, 3.05) is 13.7 Å². The fourth-order valence-electron chi connectivity index (χ4n) is 4.99. The number of hydrogen-bond donors (Lipinski definition) is 5. The van der Waals surface area contributed by atoms with Crippen molar-refractivity contribution < 1.29 is 34.8 Å². The Hall–Kier alpha value is -2.65. The van der Waals surface area contributed by atoms with E-state index in [2.05, 4.69) is 12.2 Å². The number of aromatic hydroxyl groups is 2. The SMILES string of the molecule is CCCCNC(C)C1(O)Cc2c(O)c3c(c(O)c2C(O)C1)C(=O)c1c(OC)cccc1C3=O.Cl. The summed E-state index contributed by atoms with van der Waals surface area (Å²) in [7, 11) is 1.37. The maximum absolute atomic E-state index is 13.3. The van der Waals surface area contributed by atoms with Gasteiger partial charge in [-0.05, 0) is 26.0 Å². The molecular formula is C25H30ClNO7. The number of nitrogens with one attached hydrogen (secondary N) is 1. The Morgan fingerprint density at radius 3 is 2.47 bits per heavy atom. The van der Waals surface area contributed by atoms with Crippen LogP contribution in [0.15, 0.2) is 18.2 Å². The summed E-state index contributed by atoms with van der Waals surface area (Å²) < 4.78 is 5.24. The van der Waals surface area contributed by atoms with Gasteiger partial charge in [0.25, 0.3) is 0 Å². The number of fused-ring (bicyclic) bond motifs is 3. The summed E-state index contributed by atoms with van der Waals surface area (Å²) in [6, 6.07) is 4.13. The molecule has 9 heteroatoms. The van der Waals surface area contributed by atoms with E-state index in [0.29, 0.717) is 6.54 Å². The third-order valence-electron chi connectivity index (χ3n) is 6.91. The van der Waals surface area contributed by atoms with Crippen molar-refractivity contribution >= 4 is 24.0 Å². The van der Waals surface area contributed by atoms with Crippen molar-refractivity contribution in [3.63, 3.8) is 0 Å². The highest BCUT2D eigenvalue weighted by Crippen LogP contribution is 2.51. The average Bonchev–Trinajstić information content (AvgIpc) is 2.78. The molecule has 0 aliphatic heterocycles. The van der Waals surface area contributed by atoms with Crippen molar-refractivity contribution in [2.24, 2.45) is 0 Å². The van der Waals surface area contributed by atoms with Gasteiger partial charge in [-0.3, -0.25) is 9.59 Å². The molecule has 3 atom stereocenters. The van der Waals surface area contributed by atoms with Crippen molar-refractivity contribution in [1.82, 2.24) is 5.32 Å². The van der Waals surface area contributed by atoms with Crippen LogP contribution in [0.4, 0.5) is 0 Å². The monoisotopic (exact) mass is 491 g/mol. The number of aliphatic hydroxyl groups excluding tert-OH is 1. The summed E-state index contributed by atoms with van der Waals surface area (Å²) in [5.41, 5.74) is -2.00. The second-order valence-corrected chi connectivity index (χ2v) is 8.91. The van der Waals surface area contributed by atoms with Gasteiger partial charge in [0.05, 0.1) is 35.5 Å². The molecule has 8 nitrogen and oxygen atoms in total. The highest BCUT2D eigenvalue weighted by atomic mass is 35.5. The minimum Gasteiger partial charge on any atom is -0.507 e. The number of carbonyl (C=O) groups is 2. The van der Waals surface area contributed by atoms with Crippen LogP contribution in [0.2, 0.25) is 0 Å². The van der Waals surface area contributed by atoms with E-state index in [9.17, 15) is 30.0 Å². The predicted molar refractivity (Wildman–Crippen MR) is 127 cm³/mol. The molecule has 2 aromatic rings. The summed E-state index contributed by atoms with van der Waals surface area (Å²) in [4.78, 5) is 26.7. The van der Waals surface area contributed by atoms with Crippen LogP contribution in [0.25, 0.3) is 0 Å². The Kier molecular flexibility index (Phi) is 7.28. The number of rotatable bonds is 6. The third kappa shape index (κ3) is 3.84. The molecule has 0 saturated heterocycles. The molecule has 2 aromatic carbocycles. The number of benzene rings is 2. The summed E-state index contributed by atoms with van der Waals surface area (Å²) in [6.07, 6.45) is 0.352. The lowest BCUT2D eigenvalue weighted by Gasteiger charge is -2.42. The Morgan fingerprint density at radius 2 is 1.82 bits per heavy atom. The second kappa shape index (κ2) is 9.54. The largest absolute Gasteiger partial charge is 0.507 e. The van der Waals surface area contributed by atoms with Crippen LogP contribution in [0.3, 0.4) is 0 Å². The van der Waals surface area contributed by atoms with Crippen LogP contribution < -0.4 is 10.1 Å². The minimum atomic E-state index is -1.43. The van der Waals surface area contributed by atoms with Crippen LogP contribution in [0, 0.1) is 0 Å². The van der Waals surface area contributed by atoms with Crippen LogP contribution in [-0.2, 0) is 6.42 Å². The number of carbonyl (C=O) groups excluding carboxylic acids is 2. The summed E-state index contributed by atoms with van der Waals surface area (Å²) in [6.45, 7) is 4.52. The zero-order chi connectivity index (χ0) is 24.1. The molecule has 0 fully saturated rings. The molecule has 0 heterocycles. The van der Waals surface area contributed by atoms with E-state index in [1.807, 2.05) is 0 Å². The molecule has 0 spiro atoms. The van der Waals surface area contributed by atoms with Crippen molar-refractivity contribution in [3.05, 3.63) is 51.6 Å². The molecule has 2 aliphatic carbocycles. The van der Waals surface area contributed by atoms with E-state index in [-0.39, 0.29) is 64.4 Å². The van der Waals surface area contributed by atoms with E-state index in [1.54, 1.807) is 13.0 Å². The van der Waals surface area contributed by atoms with Gasteiger partial charge in [-0.2, -0.15) is 0 Å². The van der Waals surface area contributed by atoms with Crippen molar-refractivity contribution in [3.8, 4) is 17.2 Å². The highest BCUT2D eigenvalue weighted by molar-refractivity contribution is 6.31. The first-order chi connectivity index (χ1) is 15.7. The van der Waals surface area contributed by atoms with Gasteiger partial charge in [-0.15, -0.1) is 12.4 Å². The number of halogens is 1. The van der Waals surface area contributed by atoms with Gasteiger partial charge >= 0.3 is 0 Å². The lowest BCUT2D eigenvalue weighted by Crippen LogP contribution is -2.53. The minimum absolute atomic E-state index is 0. The standard InChI is InChI=1S/C25H29NO7.ClH/c1-4-5-9-26-12(2)25(32)10-14-17(15(27)11-25)23(30)20-19(22(14)29)21(28)13-7-6-8-16(33-3)18(13)24(20)31;/h6-8,12,15,26-27,29-30,32H,4-5,9-11H2,1-3H3;1H. The van der Waals surface area contributed by atoms with Gasteiger partial charge in [0.1, 0.15) is 17.2 Å². The first-order valence-electron chi connectivity index (χ1n) is 11.2. The van der Waals surface area contributed by atoms with Gasteiger partial charge < -0.3 is 30.5 Å². The first kappa shape index (κ1) is 26.0. The van der Waals surface area contributed by atoms with Gasteiger partial charge in [0, 0.05) is 35.6 Å². The number of methoxy groups -OCH3 is 1. The zero-order valence-corrected chi connectivity index (χ0v) is 20.2. The molecule has 0 aromatic heterocycles. The lowest BCUT2D eigenvalue weighted by atomic mass is 9.71. The number of aliphatic hydroxyl groups is 2. The van der Waals surface area contributed by atoms with E-state index in [1.165, 1.54) is 19.2 Å². The van der Waals surface area contributed by atoms with Gasteiger partial charge in [-0.25, -0.2) is 0 Å². The van der Waals surface area contributed by atoms with Crippen LogP contribution >= 0.6 is 12.4 Å². The molecule has 0 amide bonds. The molecule has 5 N–H and O–H groups in total. The number of unbranched alkanes of at least 4 members (excludes halogenated alkanes) is 1. The molecule has 0 bridgehead atoms. The average molecular weight is 492 g/mol. The van der Waals surface area contributed by atoms with Crippen molar-refractivity contribution in [2.45, 2.75) is 57.3 Å². The zero-order valence-electron chi connectivity index (χ0n) is 19.3. The molecule has 184 valence electrons. The first-order valence-corrected chi connectivity index (χ1v) is 11.2. The number of phenols is 2. The Labute approximate surface area is 204 Å². The Morgan fingerprint density at radius 1 is 1.15 bits per heavy atom. The molecular weight excluding hydrogens is 462 g/mol. The molecule has 34 heavy (non-hydrogen) atoms. The third-order valence-corrected chi connectivity index (χ3v) is 6.91. The normalized spacial score (nSPS) is 21.7. The smallest absolute Gasteiger partial charge is 0.202 e. The topological polar surface area (TPSA) is 136 Å². The summed E-state index contributed by atoms with van der Waals surface area (Å²) in [5.74, 6) is -2.17. The molecule has 4 rings (SSSR count). The maximum atomic E-state index is 13.3. The lowest BCUT2D eigenvalue weighted by molar-refractivity contribution is -0.0464.